The summed E-state index contributed by atoms with van der Waals surface area (Å²) in [6, 6.07) is 12.2. The largest absolute Gasteiger partial charge is 0.416 e. The van der Waals surface area contributed by atoms with Gasteiger partial charge in [-0.1, -0.05) is 29.8 Å². The van der Waals surface area contributed by atoms with Gasteiger partial charge < -0.3 is 15.5 Å². The van der Waals surface area contributed by atoms with Gasteiger partial charge in [-0.05, 0) is 87.1 Å². The number of benzene rings is 2. The third kappa shape index (κ3) is 8.44. The summed E-state index contributed by atoms with van der Waals surface area (Å²) < 4.78 is 38.6. The molecule has 0 unspecified atom stereocenters. The molecule has 0 aliphatic carbocycles. The number of halogens is 4. The zero-order valence-corrected chi connectivity index (χ0v) is 22.0. The molecular formula is C28H34ClF3N4O2. The van der Waals surface area contributed by atoms with Gasteiger partial charge in [0.05, 0.1) is 12.1 Å². The smallest absolute Gasteiger partial charge is 0.350 e. The van der Waals surface area contributed by atoms with Gasteiger partial charge in [-0.3, -0.25) is 14.5 Å². The van der Waals surface area contributed by atoms with E-state index in [9.17, 15) is 22.8 Å². The lowest BCUT2D eigenvalue weighted by atomic mass is 9.93. The fraction of sp³-hybridized carbons (Fsp3) is 0.500. The molecule has 0 radical (unpaired) electrons. The van der Waals surface area contributed by atoms with Crippen LogP contribution < -0.4 is 10.6 Å². The maximum atomic E-state index is 12.9. The van der Waals surface area contributed by atoms with E-state index in [2.05, 4.69) is 32.6 Å². The lowest BCUT2D eigenvalue weighted by molar-refractivity contribution is -0.137. The Hall–Kier alpha value is -2.62. The summed E-state index contributed by atoms with van der Waals surface area (Å²) in [6.07, 6.45) is -0.174. The Morgan fingerprint density at radius 2 is 1.68 bits per heavy atom. The Morgan fingerprint density at radius 3 is 2.39 bits per heavy atom. The highest BCUT2D eigenvalue weighted by molar-refractivity contribution is 6.30. The summed E-state index contributed by atoms with van der Waals surface area (Å²) in [5.74, 6) is -0.347. The molecule has 2 aliphatic heterocycles. The van der Waals surface area contributed by atoms with Crippen molar-refractivity contribution < 1.29 is 22.8 Å². The standard InChI is InChI=1S/C28H34ClF3N4O2/c29-24-6-4-21(5-7-24)18-35-12-8-20(9-13-35)10-14-36-15-11-25(19-36)34-26(37)17-33-27(38)22-2-1-3-23(16-22)28(30,31)32/h1-7,16,20,25H,8-15,17-19H2,(H,33,38)(H,34,37)/t25-/m1/s1. The van der Waals surface area contributed by atoms with E-state index in [0.29, 0.717) is 5.92 Å². The van der Waals surface area contributed by atoms with Crippen molar-refractivity contribution in [2.24, 2.45) is 5.92 Å². The fourth-order valence-corrected chi connectivity index (χ4v) is 5.30. The molecule has 4 rings (SSSR count). The van der Waals surface area contributed by atoms with E-state index in [0.717, 1.165) is 69.3 Å². The van der Waals surface area contributed by atoms with Crippen LogP contribution in [0, 0.1) is 5.92 Å². The van der Waals surface area contributed by atoms with E-state index in [1.54, 1.807) is 0 Å². The van der Waals surface area contributed by atoms with Gasteiger partial charge in [0.15, 0.2) is 0 Å². The summed E-state index contributed by atoms with van der Waals surface area (Å²) in [6.45, 7) is 5.55. The molecule has 1 atom stereocenters. The first-order valence-corrected chi connectivity index (χ1v) is 13.5. The van der Waals surface area contributed by atoms with Crippen molar-refractivity contribution in [3.63, 3.8) is 0 Å². The van der Waals surface area contributed by atoms with E-state index in [4.69, 9.17) is 11.6 Å². The summed E-state index contributed by atoms with van der Waals surface area (Å²) >= 11 is 5.98. The molecule has 0 spiro atoms. The highest BCUT2D eigenvalue weighted by Crippen LogP contribution is 2.29. The second kappa shape index (κ2) is 13.0. The lowest BCUT2D eigenvalue weighted by Gasteiger charge is -2.32. The van der Waals surface area contributed by atoms with Crippen molar-refractivity contribution in [2.45, 2.75) is 44.4 Å². The molecule has 2 amide bonds. The number of amides is 2. The van der Waals surface area contributed by atoms with Gasteiger partial charge in [0.25, 0.3) is 5.91 Å². The number of hydrogen-bond acceptors (Lipinski definition) is 4. The van der Waals surface area contributed by atoms with E-state index in [1.807, 2.05) is 12.1 Å². The Bertz CT molecular complexity index is 1090. The molecule has 6 nitrogen and oxygen atoms in total. The first-order chi connectivity index (χ1) is 18.2. The molecule has 2 saturated heterocycles. The van der Waals surface area contributed by atoms with Crippen LogP contribution in [0.4, 0.5) is 13.2 Å². The number of piperidine rings is 1. The summed E-state index contributed by atoms with van der Waals surface area (Å²) in [5, 5.41) is 6.10. The van der Waals surface area contributed by atoms with Crippen LogP contribution in [0.1, 0.15) is 47.2 Å². The predicted octanol–water partition coefficient (Wildman–Crippen LogP) is 4.58. The maximum absolute atomic E-state index is 12.9. The molecule has 2 heterocycles. The number of hydrogen-bond donors (Lipinski definition) is 2. The minimum Gasteiger partial charge on any atom is -0.350 e. The Morgan fingerprint density at radius 1 is 0.974 bits per heavy atom. The summed E-state index contributed by atoms with van der Waals surface area (Å²) in [5.41, 5.74) is 0.257. The average molecular weight is 551 g/mol. The second-order valence-electron chi connectivity index (χ2n) is 10.2. The predicted molar refractivity (Wildman–Crippen MR) is 141 cm³/mol. The highest BCUT2D eigenvalue weighted by atomic mass is 35.5. The number of rotatable bonds is 9. The summed E-state index contributed by atoms with van der Waals surface area (Å²) in [7, 11) is 0. The zero-order chi connectivity index (χ0) is 27.1. The van der Waals surface area contributed by atoms with Crippen molar-refractivity contribution in [3.8, 4) is 0 Å². The molecule has 10 heteroatoms. The first-order valence-electron chi connectivity index (χ1n) is 13.1. The number of nitrogens with zero attached hydrogens (tertiary/aromatic N) is 2. The van der Waals surface area contributed by atoms with Crippen LogP contribution in [-0.2, 0) is 17.5 Å². The van der Waals surface area contributed by atoms with Crippen LogP contribution in [0.3, 0.4) is 0 Å². The molecule has 2 aromatic rings. The van der Waals surface area contributed by atoms with Crippen molar-refractivity contribution in [2.75, 3.05) is 39.3 Å². The molecule has 2 aromatic carbocycles. The first kappa shape index (κ1) is 28.4. The van der Waals surface area contributed by atoms with Crippen LogP contribution in [0.5, 0.6) is 0 Å². The lowest BCUT2D eigenvalue weighted by Crippen LogP contribution is -2.43. The van der Waals surface area contributed by atoms with Crippen molar-refractivity contribution >= 4 is 23.4 Å². The van der Waals surface area contributed by atoms with Crippen molar-refractivity contribution in [1.29, 1.82) is 0 Å². The van der Waals surface area contributed by atoms with E-state index >= 15 is 0 Å². The van der Waals surface area contributed by atoms with E-state index in [-0.39, 0.29) is 24.1 Å². The molecule has 0 bridgehead atoms. The monoisotopic (exact) mass is 550 g/mol. The van der Waals surface area contributed by atoms with Crippen LogP contribution >= 0.6 is 11.6 Å². The van der Waals surface area contributed by atoms with E-state index < -0.39 is 17.6 Å². The summed E-state index contributed by atoms with van der Waals surface area (Å²) in [4.78, 5) is 29.4. The maximum Gasteiger partial charge on any atom is 0.416 e. The minimum absolute atomic E-state index is 0.00850. The molecular weight excluding hydrogens is 517 g/mol. The van der Waals surface area contributed by atoms with Gasteiger partial charge in [-0.25, -0.2) is 0 Å². The number of likely N-dealkylation sites (tertiary alicyclic amines) is 2. The third-order valence-electron chi connectivity index (χ3n) is 7.38. The van der Waals surface area contributed by atoms with E-state index in [1.165, 1.54) is 30.5 Å². The zero-order valence-electron chi connectivity index (χ0n) is 21.3. The normalized spacial score (nSPS) is 19.4. The number of alkyl halides is 3. The number of carbonyl (C=O) groups excluding carboxylic acids is 2. The quantitative estimate of drug-likeness (QED) is 0.480. The molecule has 2 N–H and O–H groups in total. The van der Waals surface area contributed by atoms with Crippen LogP contribution in [0.15, 0.2) is 48.5 Å². The van der Waals surface area contributed by atoms with Crippen LogP contribution in [0.25, 0.3) is 0 Å². The fourth-order valence-electron chi connectivity index (χ4n) is 5.18. The molecule has 0 saturated carbocycles. The Kier molecular flexibility index (Phi) is 9.68. The topological polar surface area (TPSA) is 64.7 Å². The molecule has 0 aromatic heterocycles. The Labute approximate surface area is 226 Å². The molecule has 206 valence electrons. The van der Waals surface area contributed by atoms with Gasteiger partial charge in [0.1, 0.15) is 0 Å². The minimum atomic E-state index is -4.53. The molecule has 2 fully saturated rings. The van der Waals surface area contributed by atoms with Crippen molar-refractivity contribution in [3.05, 3.63) is 70.2 Å². The highest BCUT2D eigenvalue weighted by Gasteiger charge is 2.31. The third-order valence-corrected chi connectivity index (χ3v) is 7.63. The van der Waals surface area contributed by atoms with Gasteiger partial charge in [0.2, 0.25) is 5.91 Å². The second-order valence-corrected chi connectivity index (χ2v) is 10.7. The van der Waals surface area contributed by atoms with Gasteiger partial charge in [0, 0.05) is 36.3 Å². The van der Waals surface area contributed by atoms with Gasteiger partial charge in [-0.15, -0.1) is 0 Å². The SMILES string of the molecule is O=C(CNC(=O)c1cccc(C(F)(F)F)c1)N[C@@H]1CCN(CCC2CCN(Cc3ccc(Cl)cc3)CC2)C1. The van der Waals surface area contributed by atoms with Crippen molar-refractivity contribution in [1.82, 2.24) is 20.4 Å². The molecule has 38 heavy (non-hydrogen) atoms. The molecule has 2 aliphatic rings. The number of nitrogens with one attached hydrogen (secondary N) is 2. The number of carbonyl (C=O) groups is 2. The van der Waals surface area contributed by atoms with Gasteiger partial charge >= 0.3 is 6.18 Å². The van der Waals surface area contributed by atoms with Crippen LogP contribution in [0.2, 0.25) is 5.02 Å². The average Bonchev–Trinajstić information content (AvgIpc) is 3.35. The Balaban J connectivity index is 1.11. The van der Waals surface area contributed by atoms with Crippen LogP contribution in [-0.4, -0.2) is 66.9 Å². The van der Waals surface area contributed by atoms with Gasteiger partial charge in [-0.2, -0.15) is 13.2 Å².